The molecule has 1 aliphatic carbocycles. The number of hydrogen-bond donors (Lipinski definition) is 1. The van der Waals surface area contributed by atoms with E-state index in [0.717, 1.165) is 38.8 Å². The summed E-state index contributed by atoms with van der Waals surface area (Å²) in [5.41, 5.74) is 3.37. The third kappa shape index (κ3) is 4.88. The van der Waals surface area contributed by atoms with Gasteiger partial charge in [-0.2, -0.15) is 0 Å². The Morgan fingerprint density at radius 3 is 2.47 bits per heavy atom. The number of carbonyl (C=O) groups is 2. The Hall–Kier alpha value is -1.88. The lowest BCUT2D eigenvalue weighted by atomic mass is 9.63. The number of fused-ring (bicyclic) bond motifs is 2. The second-order valence-electron chi connectivity index (χ2n) is 11.5. The SMILES string of the molecule is CC(=O)N1CCC[C@H]1C(=O)N[C@@H]1CCC2(CCN(CCC(C)(C)C)CC2)c2ccccc21. The zero-order chi connectivity index (χ0) is 22.9. The maximum absolute atomic E-state index is 13.1. The molecule has 176 valence electrons. The van der Waals surface area contributed by atoms with Crippen molar-refractivity contribution in [3.8, 4) is 0 Å². The first-order valence-electron chi connectivity index (χ1n) is 12.6. The summed E-state index contributed by atoms with van der Waals surface area (Å²) in [5.74, 6) is 0.0225. The number of amides is 2. The molecule has 2 atom stereocenters. The quantitative estimate of drug-likeness (QED) is 0.756. The number of rotatable bonds is 4. The molecular weight excluding hydrogens is 398 g/mol. The minimum Gasteiger partial charge on any atom is -0.347 e. The van der Waals surface area contributed by atoms with Crippen LogP contribution in [0.25, 0.3) is 0 Å². The molecule has 2 heterocycles. The van der Waals surface area contributed by atoms with Gasteiger partial charge >= 0.3 is 0 Å². The van der Waals surface area contributed by atoms with E-state index in [4.69, 9.17) is 0 Å². The van der Waals surface area contributed by atoms with Gasteiger partial charge in [-0.3, -0.25) is 9.59 Å². The molecule has 5 heteroatoms. The highest BCUT2D eigenvalue weighted by molar-refractivity contribution is 5.87. The van der Waals surface area contributed by atoms with Crippen LogP contribution in [0.1, 0.15) is 89.8 Å². The van der Waals surface area contributed by atoms with E-state index in [2.05, 4.69) is 55.3 Å². The molecule has 2 aliphatic heterocycles. The van der Waals surface area contributed by atoms with Crippen LogP contribution in [0.5, 0.6) is 0 Å². The van der Waals surface area contributed by atoms with Crippen LogP contribution in [0.3, 0.4) is 0 Å². The van der Waals surface area contributed by atoms with E-state index >= 15 is 0 Å². The van der Waals surface area contributed by atoms with E-state index < -0.39 is 0 Å². The van der Waals surface area contributed by atoms with Gasteiger partial charge in [-0.05, 0) is 86.5 Å². The molecule has 1 spiro atoms. The summed E-state index contributed by atoms with van der Waals surface area (Å²) in [6.45, 7) is 12.8. The molecule has 2 saturated heterocycles. The molecular formula is C27H41N3O2. The van der Waals surface area contributed by atoms with Crippen LogP contribution in [0.15, 0.2) is 24.3 Å². The smallest absolute Gasteiger partial charge is 0.243 e. The Morgan fingerprint density at radius 1 is 1.06 bits per heavy atom. The third-order valence-electron chi connectivity index (χ3n) is 8.09. The first-order chi connectivity index (χ1) is 15.2. The number of carbonyl (C=O) groups excluding carboxylic acids is 2. The van der Waals surface area contributed by atoms with Crippen molar-refractivity contribution in [3.63, 3.8) is 0 Å². The first-order valence-corrected chi connectivity index (χ1v) is 12.6. The molecule has 1 aromatic rings. The van der Waals surface area contributed by atoms with Gasteiger partial charge in [-0.25, -0.2) is 0 Å². The van der Waals surface area contributed by atoms with Crippen LogP contribution < -0.4 is 5.32 Å². The summed E-state index contributed by atoms with van der Waals surface area (Å²) >= 11 is 0. The second kappa shape index (κ2) is 9.17. The highest BCUT2D eigenvalue weighted by atomic mass is 16.2. The summed E-state index contributed by atoms with van der Waals surface area (Å²) in [5, 5.41) is 3.33. The van der Waals surface area contributed by atoms with E-state index in [9.17, 15) is 9.59 Å². The Balaban J connectivity index is 1.45. The van der Waals surface area contributed by atoms with Gasteiger partial charge in [0.15, 0.2) is 0 Å². The number of likely N-dealkylation sites (tertiary alicyclic amines) is 2. The Morgan fingerprint density at radius 2 is 1.78 bits per heavy atom. The lowest BCUT2D eigenvalue weighted by Gasteiger charge is -2.47. The topological polar surface area (TPSA) is 52.7 Å². The van der Waals surface area contributed by atoms with Gasteiger partial charge in [0.25, 0.3) is 0 Å². The maximum atomic E-state index is 13.1. The van der Waals surface area contributed by atoms with Crippen molar-refractivity contribution in [3.05, 3.63) is 35.4 Å². The van der Waals surface area contributed by atoms with E-state index in [1.165, 1.54) is 36.9 Å². The summed E-state index contributed by atoms with van der Waals surface area (Å²) in [7, 11) is 0. The molecule has 0 bridgehead atoms. The lowest BCUT2D eigenvalue weighted by molar-refractivity contribution is -0.137. The molecule has 0 aromatic heterocycles. The van der Waals surface area contributed by atoms with Crippen molar-refractivity contribution in [2.45, 2.75) is 90.1 Å². The number of benzene rings is 1. The van der Waals surface area contributed by atoms with Gasteiger partial charge in [0.05, 0.1) is 6.04 Å². The van der Waals surface area contributed by atoms with Crippen LogP contribution in [0.4, 0.5) is 0 Å². The van der Waals surface area contributed by atoms with Crippen LogP contribution in [-0.4, -0.2) is 53.8 Å². The predicted molar refractivity (Wildman–Crippen MR) is 128 cm³/mol. The first kappa shape index (κ1) is 23.3. The Bertz CT molecular complexity index is 836. The fourth-order valence-electron chi connectivity index (χ4n) is 6.05. The fourth-order valence-corrected chi connectivity index (χ4v) is 6.05. The summed E-state index contributed by atoms with van der Waals surface area (Å²) < 4.78 is 0. The molecule has 0 unspecified atom stereocenters. The molecule has 0 radical (unpaired) electrons. The minimum absolute atomic E-state index is 0.00358. The summed E-state index contributed by atoms with van der Waals surface area (Å²) in [4.78, 5) is 29.4. The molecule has 5 nitrogen and oxygen atoms in total. The Labute approximate surface area is 193 Å². The van der Waals surface area contributed by atoms with Crippen molar-refractivity contribution in [1.82, 2.24) is 15.1 Å². The molecule has 4 rings (SSSR count). The zero-order valence-electron chi connectivity index (χ0n) is 20.5. The van der Waals surface area contributed by atoms with Gasteiger partial charge in [-0.15, -0.1) is 0 Å². The predicted octanol–water partition coefficient (Wildman–Crippen LogP) is 4.42. The van der Waals surface area contributed by atoms with Crippen molar-refractivity contribution in [1.29, 1.82) is 0 Å². The summed E-state index contributed by atoms with van der Waals surface area (Å²) in [6, 6.07) is 8.53. The molecule has 1 aromatic carbocycles. The van der Waals surface area contributed by atoms with Gasteiger partial charge < -0.3 is 15.1 Å². The monoisotopic (exact) mass is 439 g/mol. The molecule has 2 fully saturated rings. The van der Waals surface area contributed by atoms with Crippen molar-refractivity contribution >= 4 is 11.8 Å². The third-order valence-corrected chi connectivity index (χ3v) is 8.09. The Kier molecular flexibility index (Phi) is 6.67. The van der Waals surface area contributed by atoms with Gasteiger partial charge in [-0.1, -0.05) is 45.0 Å². The van der Waals surface area contributed by atoms with E-state index in [0.29, 0.717) is 12.0 Å². The maximum Gasteiger partial charge on any atom is 0.243 e. The highest BCUT2D eigenvalue weighted by Gasteiger charge is 2.43. The lowest BCUT2D eigenvalue weighted by Crippen LogP contribution is -2.49. The highest BCUT2D eigenvalue weighted by Crippen LogP contribution is 2.48. The fraction of sp³-hybridized carbons (Fsp3) is 0.704. The van der Waals surface area contributed by atoms with Gasteiger partial charge in [0, 0.05) is 13.5 Å². The van der Waals surface area contributed by atoms with Gasteiger partial charge in [0.2, 0.25) is 11.8 Å². The second-order valence-corrected chi connectivity index (χ2v) is 11.5. The molecule has 3 aliphatic rings. The van der Waals surface area contributed by atoms with Crippen molar-refractivity contribution in [2.24, 2.45) is 5.41 Å². The van der Waals surface area contributed by atoms with E-state index in [1.807, 2.05) is 0 Å². The van der Waals surface area contributed by atoms with Crippen molar-refractivity contribution in [2.75, 3.05) is 26.2 Å². The number of nitrogens with one attached hydrogen (secondary N) is 1. The average Bonchev–Trinajstić information content (AvgIpc) is 3.26. The van der Waals surface area contributed by atoms with Crippen LogP contribution in [0, 0.1) is 5.41 Å². The van der Waals surface area contributed by atoms with Crippen LogP contribution >= 0.6 is 0 Å². The molecule has 0 saturated carbocycles. The number of piperidine rings is 1. The molecule has 32 heavy (non-hydrogen) atoms. The zero-order valence-corrected chi connectivity index (χ0v) is 20.5. The molecule has 2 amide bonds. The normalized spacial score (nSPS) is 25.6. The van der Waals surface area contributed by atoms with Crippen molar-refractivity contribution < 1.29 is 9.59 Å². The standard InChI is InChI=1S/C27H41N3O2/c1-20(31)30-16-7-10-24(30)25(32)28-23-11-12-27(22-9-6-5-8-21(22)23)14-18-29(19-15-27)17-13-26(2,3)4/h5-6,8-9,23-24H,7,10-19H2,1-4H3,(H,28,32)/t23-,24+/m1/s1. The van der Waals surface area contributed by atoms with E-state index in [-0.39, 0.29) is 29.3 Å². The van der Waals surface area contributed by atoms with Gasteiger partial charge in [0.1, 0.15) is 6.04 Å². The number of nitrogens with zero attached hydrogens (tertiary/aromatic N) is 2. The minimum atomic E-state index is -0.304. The number of hydrogen-bond acceptors (Lipinski definition) is 3. The molecule has 1 N–H and O–H groups in total. The van der Waals surface area contributed by atoms with Crippen LogP contribution in [-0.2, 0) is 15.0 Å². The summed E-state index contributed by atoms with van der Waals surface area (Å²) in [6.07, 6.45) is 7.44. The average molecular weight is 440 g/mol. The van der Waals surface area contributed by atoms with E-state index in [1.54, 1.807) is 11.8 Å². The largest absolute Gasteiger partial charge is 0.347 e. The van der Waals surface area contributed by atoms with Crippen LogP contribution in [0.2, 0.25) is 0 Å².